The zero-order chi connectivity index (χ0) is 10.3. The molecule has 0 amide bonds. The lowest BCUT2D eigenvalue weighted by Gasteiger charge is -2.00. The number of furan rings is 1. The Morgan fingerprint density at radius 2 is 2.14 bits per heavy atom. The van der Waals surface area contributed by atoms with Crippen molar-refractivity contribution in [1.29, 1.82) is 5.41 Å². The van der Waals surface area contributed by atoms with Crippen molar-refractivity contribution in [3.8, 4) is 5.75 Å². The van der Waals surface area contributed by atoms with Crippen LogP contribution in [0.5, 0.6) is 5.75 Å². The standard InChI is InChI=1S/C9H7ClN2O2/c10-8-2-4-1-6(13)5(9(11)12)3-7(4)14-8/h1-3,13H,(H3,11,12). The molecule has 5 heteroatoms. The first kappa shape index (κ1) is 8.90. The molecule has 0 aliphatic carbocycles. The number of nitrogens with one attached hydrogen (secondary N) is 1. The Bertz CT molecular complexity index is 519. The number of fused-ring (bicyclic) bond motifs is 1. The minimum Gasteiger partial charge on any atom is -0.507 e. The van der Waals surface area contributed by atoms with E-state index in [1.165, 1.54) is 12.1 Å². The van der Waals surface area contributed by atoms with E-state index in [1.54, 1.807) is 6.07 Å². The number of nitrogens with two attached hydrogens (primary N) is 1. The van der Waals surface area contributed by atoms with Gasteiger partial charge in [-0.05, 0) is 23.7 Å². The van der Waals surface area contributed by atoms with Crippen molar-refractivity contribution in [3.63, 3.8) is 0 Å². The van der Waals surface area contributed by atoms with Crippen LogP contribution in [-0.4, -0.2) is 10.9 Å². The number of phenols is 1. The van der Waals surface area contributed by atoms with Crippen LogP contribution >= 0.6 is 11.6 Å². The van der Waals surface area contributed by atoms with Crippen molar-refractivity contribution in [2.75, 3.05) is 0 Å². The topological polar surface area (TPSA) is 83.2 Å². The average Bonchev–Trinajstić information content (AvgIpc) is 2.42. The molecule has 0 unspecified atom stereocenters. The van der Waals surface area contributed by atoms with Crippen LogP contribution in [0.2, 0.25) is 5.22 Å². The van der Waals surface area contributed by atoms with Gasteiger partial charge in [0.1, 0.15) is 17.2 Å². The number of hydrogen-bond acceptors (Lipinski definition) is 3. The lowest BCUT2D eigenvalue weighted by molar-refractivity contribution is 0.474. The van der Waals surface area contributed by atoms with Crippen LogP contribution in [0.25, 0.3) is 11.0 Å². The van der Waals surface area contributed by atoms with Gasteiger partial charge in [-0.3, -0.25) is 5.41 Å². The molecule has 0 saturated carbocycles. The van der Waals surface area contributed by atoms with Gasteiger partial charge in [-0.15, -0.1) is 0 Å². The Balaban J connectivity index is 2.76. The van der Waals surface area contributed by atoms with Gasteiger partial charge in [-0.1, -0.05) is 0 Å². The van der Waals surface area contributed by atoms with Gasteiger partial charge in [-0.25, -0.2) is 0 Å². The van der Waals surface area contributed by atoms with Gasteiger partial charge in [0, 0.05) is 11.5 Å². The number of amidine groups is 1. The second-order valence-corrected chi connectivity index (χ2v) is 3.24. The zero-order valence-corrected chi connectivity index (χ0v) is 7.80. The summed E-state index contributed by atoms with van der Waals surface area (Å²) in [5.74, 6) is -0.264. The van der Waals surface area contributed by atoms with Crippen LogP contribution in [0.1, 0.15) is 5.56 Å². The molecule has 14 heavy (non-hydrogen) atoms. The SMILES string of the molecule is N=C(N)c1cc2oc(Cl)cc2cc1O. The molecule has 0 aliphatic heterocycles. The predicted octanol–water partition coefficient (Wildman–Crippen LogP) is 2.08. The van der Waals surface area contributed by atoms with Crippen molar-refractivity contribution in [3.05, 3.63) is 29.0 Å². The van der Waals surface area contributed by atoms with E-state index in [4.69, 9.17) is 27.2 Å². The molecule has 0 atom stereocenters. The van der Waals surface area contributed by atoms with Gasteiger partial charge in [0.05, 0.1) is 5.56 Å². The molecule has 0 fully saturated rings. The molecule has 2 aromatic rings. The fourth-order valence-electron chi connectivity index (χ4n) is 1.26. The third kappa shape index (κ3) is 1.29. The molecular weight excluding hydrogens is 204 g/mol. The molecular formula is C9H7ClN2O2. The van der Waals surface area contributed by atoms with Gasteiger partial charge >= 0.3 is 0 Å². The molecule has 1 heterocycles. The van der Waals surface area contributed by atoms with Crippen LogP contribution < -0.4 is 5.73 Å². The summed E-state index contributed by atoms with van der Waals surface area (Å²) in [5.41, 5.74) is 6.00. The number of halogens is 1. The van der Waals surface area contributed by atoms with E-state index >= 15 is 0 Å². The van der Waals surface area contributed by atoms with Crippen molar-refractivity contribution < 1.29 is 9.52 Å². The normalized spacial score (nSPS) is 10.6. The van der Waals surface area contributed by atoms with Crippen LogP contribution in [0.4, 0.5) is 0 Å². The first-order valence-electron chi connectivity index (χ1n) is 3.84. The molecule has 0 aliphatic rings. The van der Waals surface area contributed by atoms with Gasteiger partial charge in [0.15, 0.2) is 5.22 Å². The summed E-state index contributed by atoms with van der Waals surface area (Å²) in [5, 5.41) is 17.6. The first-order valence-corrected chi connectivity index (χ1v) is 4.22. The Labute approximate surface area is 84.4 Å². The molecule has 4 nitrogen and oxygen atoms in total. The quantitative estimate of drug-likeness (QED) is 0.498. The summed E-state index contributed by atoms with van der Waals surface area (Å²) in [4.78, 5) is 0. The third-order valence-electron chi connectivity index (χ3n) is 1.89. The summed E-state index contributed by atoms with van der Waals surface area (Å²) in [6, 6.07) is 4.53. The maximum Gasteiger partial charge on any atom is 0.194 e. The van der Waals surface area contributed by atoms with Crippen molar-refractivity contribution >= 4 is 28.4 Å². The minimum atomic E-state index is -0.211. The van der Waals surface area contributed by atoms with Crippen molar-refractivity contribution in [2.45, 2.75) is 0 Å². The summed E-state index contributed by atoms with van der Waals surface area (Å²) < 4.78 is 5.12. The molecule has 4 N–H and O–H groups in total. The van der Waals surface area contributed by atoms with Crippen LogP contribution in [0.15, 0.2) is 22.6 Å². The largest absolute Gasteiger partial charge is 0.507 e. The minimum absolute atomic E-state index is 0.0533. The number of rotatable bonds is 1. The highest BCUT2D eigenvalue weighted by Gasteiger charge is 2.09. The van der Waals surface area contributed by atoms with Crippen molar-refractivity contribution in [2.24, 2.45) is 5.73 Å². The highest BCUT2D eigenvalue weighted by atomic mass is 35.5. The van der Waals surface area contributed by atoms with E-state index in [0.717, 1.165) is 0 Å². The van der Waals surface area contributed by atoms with E-state index < -0.39 is 0 Å². The van der Waals surface area contributed by atoms with Gasteiger partial charge in [0.25, 0.3) is 0 Å². The van der Waals surface area contributed by atoms with Crippen LogP contribution in [0.3, 0.4) is 0 Å². The molecule has 0 radical (unpaired) electrons. The van der Waals surface area contributed by atoms with Gasteiger partial charge < -0.3 is 15.3 Å². The van der Waals surface area contributed by atoms with Gasteiger partial charge in [0.2, 0.25) is 0 Å². The Morgan fingerprint density at radius 3 is 2.79 bits per heavy atom. The Morgan fingerprint density at radius 1 is 1.43 bits per heavy atom. The molecule has 1 aromatic carbocycles. The molecule has 2 rings (SSSR count). The summed E-state index contributed by atoms with van der Waals surface area (Å²) in [6.45, 7) is 0. The molecule has 0 saturated heterocycles. The third-order valence-corrected chi connectivity index (χ3v) is 2.08. The number of hydrogen-bond donors (Lipinski definition) is 3. The highest BCUT2D eigenvalue weighted by Crippen LogP contribution is 2.29. The average molecular weight is 211 g/mol. The monoisotopic (exact) mass is 210 g/mol. The maximum atomic E-state index is 9.48. The Hall–Kier alpha value is -1.68. The second kappa shape index (κ2) is 2.92. The van der Waals surface area contributed by atoms with Crippen LogP contribution in [0, 0.1) is 5.41 Å². The maximum absolute atomic E-state index is 9.48. The van der Waals surface area contributed by atoms with E-state index in [0.29, 0.717) is 11.0 Å². The fraction of sp³-hybridized carbons (Fsp3) is 0. The molecule has 72 valence electrons. The van der Waals surface area contributed by atoms with Crippen molar-refractivity contribution in [1.82, 2.24) is 0 Å². The lowest BCUT2D eigenvalue weighted by atomic mass is 10.1. The molecule has 0 bridgehead atoms. The number of nitrogen functional groups attached to an aromatic ring is 1. The molecule has 0 spiro atoms. The molecule has 1 aromatic heterocycles. The zero-order valence-electron chi connectivity index (χ0n) is 7.04. The predicted molar refractivity (Wildman–Crippen MR) is 53.9 cm³/mol. The van der Waals surface area contributed by atoms with E-state index in [2.05, 4.69) is 0 Å². The Kier molecular flexibility index (Phi) is 1.86. The smallest absolute Gasteiger partial charge is 0.194 e. The summed E-state index contributed by atoms with van der Waals surface area (Å²) >= 11 is 5.63. The van der Waals surface area contributed by atoms with E-state index in [1.807, 2.05) is 0 Å². The van der Waals surface area contributed by atoms with Gasteiger partial charge in [-0.2, -0.15) is 0 Å². The highest BCUT2D eigenvalue weighted by molar-refractivity contribution is 6.29. The van der Waals surface area contributed by atoms with Crippen LogP contribution in [-0.2, 0) is 0 Å². The van der Waals surface area contributed by atoms with E-state index in [9.17, 15) is 5.11 Å². The lowest BCUT2D eigenvalue weighted by Crippen LogP contribution is -2.10. The second-order valence-electron chi connectivity index (χ2n) is 2.87. The number of aromatic hydroxyl groups is 1. The van der Waals surface area contributed by atoms with E-state index in [-0.39, 0.29) is 22.4 Å². The summed E-state index contributed by atoms with van der Waals surface area (Å²) in [7, 11) is 0. The number of benzene rings is 1. The fourth-order valence-corrected chi connectivity index (χ4v) is 1.46. The number of phenolic OH excluding ortho intramolecular Hbond substituents is 1. The first-order chi connectivity index (χ1) is 6.58. The summed E-state index contributed by atoms with van der Waals surface area (Å²) in [6.07, 6.45) is 0.